The highest BCUT2D eigenvalue weighted by molar-refractivity contribution is 6.03. The Morgan fingerprint density at radius 3 is 2.67 bits per heavy atom. The van der Waals surface area contributed by atoms with E-state index in [1.807, 2.05) is 27.7 Å². The number of aromatic nitrogens is 1. The lowest BCUT2D eigenvalue weighted by molar-refractivity contribution is -0.123. The van der Waals surface area contributed by atoms with E-state index in [1.165, 1.54) is 7.11 Å². The average molecular weight is 416 g/mol. The van der Waals surface area contributed by atoms with E-state index in [2.05, 4.69) is 10.3 Å². The van der Waals surface area contributed by atoms with E-state index in [-0.39, 0.29) is 17.8 Å². The highest BCUT2D eigenvalue weighted by Gasteiger charge is 2.41. The van der Waals surface area contributed by atoms with E-state index in [0.717, 1.165) is 5.39 Å². The second-order valence-electron chi connectivity index (χ2n) is 8.95. The molecule has 1 N–H and O–H groups in total. The number of rotatable bonds is 7. The molecule has 0 unspecified atom stereocenters. The van der Waals surface area contributed by atoms with Crippen molar-refractivity contribution in [3.05, 3.63) is 30.0 Å². The maximum absolute atomic E-state index is 14.0. The monoisotopic (exact) mass is 416 g/mol. The van der Waals surface area contributed by atoms with Crippen LogP contribution < -0.4 is 14.8 Å². The molecule has 0 aliphatic carbocycles. The number of alkyl halides is 1. The van der Waals surface area contributed by atoms with E-state index in [4.69, 9.17) is 9.47 Å². The molecule has 1 fully saturated rings. The van der Waals surface area contributed by atoms with Gasteiger partial charge in [0.25, 0.3) is 5.91 Å². The molecular weight excluding hydrogens is 387 g/mol. The van der Waals surface area contributed by atoms with Gasteiger partial charge < -0.3 is 14.8 Å². The molecule has 0 bridgehead atoms. The van der Waals surface area contributed by atoms with Crippen LogP contribution in [0.3, 0.4) is 0 Å². The van der Waals surface area contributed by atoms with Gasteiger partial charge in [0, 0.05) is 23.9 Å². The Kier molecular flexibility index (Phi) is 6.29. The van der Waals surface area contributed by atoms with Gasteiger partial charge >= 0.3 is 0 Å². The first-order valence-electron chi connectivity index (χ1n) is 10.2. The molecule has 1 amide bonds. The van der Waals surface area contributed by atoms with E-state index >= 15 is 0 Å². The summed E-state index contributed by atoms with van der Waals surface area (Å²) in [6, 6.07) is 4.93. The predicted molar refractivity (Wildman–Crippen MR) is 113 cm³/mol. The molecule has 6 nitrogen and oxygen atoms in total. The van der Waals surface area contributed by atoms with E-state index in [9.17, 15) is 14.0 Å². The summed E-state index contributed by atoms with van der Waals surface area (Å²) in [7, 11) is 1.52. The van der Waals surface area contributed by atoms with Gasteiger partial charge in [-0.2, -0.15) is 0 Å². The molecule has 1 aromatic carbocycles. The van der Waals surface area contributed by atoms with Gasteiger partial charge in [0.2, 0.25) is 5.88 Å². The largest absolute Gasteiger partial charge is 0.496 e. The van der Waals surface area contributed by atoms with Crippen molar-refractivity contribution in [2.75, 3.05) is 13.7 Å². The molecule has 1 aliphatic heterocycles. The second kappa shape index (κ2) is 8.58. The Labute approximate surface area is 176 Å². The summed E-state index contributed by atoms with van der Waals surface area (Å²) in [5, 5.41) is 4.14. The number of hydrogen-bond acceptors (Lipinski definition) is 5. The van der Waals surface area contributed by atoms with Crippen molar-refractivity contribution in [2.24, 2.45) is 11.3 Å². The van der Waals surface area contributed by atoms with Crippen LogP contribution in [0.1, 0.15) is 50.9 Å². The molecule has 2 aromatic rings. The van der Waals surface area contributed by atoms with Crippen LogP contribution in [0, 0.1) is 11.3 Å². The number of pyridine rings is 1. The number of benzene rings is 1. The van der Waals surface area contributed by atoms with Crippen LogP contribution in [-0.2, 0) is 4.79 Å². The first-order valence-corrected chi connectivity index (χ1v) is 10.2. The number of fused-ring (bicyclic) bond motifs is 1. The number of nitrogens with zero attached hydrogens (tertiary/aromatic N) is 1. The van der Waals surface area contributed by atoms with Gasteiger partial charge in [-0.1, -0.05) is 27.7 Å². The molecule has 7 heteroatoms. The molecule has 1 aromatic heterocycles. The lowest BCUT2D eigenvalue weighted by Gasteiger charge is -2.20. The Morgan fingerprint density at radius 2 is 2.03 bits per heavy atom. The minimum atomic E-state index is -1.51. The van der Waals surface area contributed by atoms with Crippen LogP contribution in [0.5, 0.6) is 11.6 Å². The smallest absolute Gasteiger partial charge is 0.255 e. The number of methoxy groups -OCH3 is 1. The number of amides is 1. The SMILES string of the molecule is CC[C@@H]1[C@H](F)C(=O)N[C@@H]1COc1nccc2cc(C(=O)CC(C)(C)C)c(OC)cc12. The molecule has 2 heterocycles. The highest BCUT2D eigenvalue weighted by atomic mass is 19.1. The van der Waals surface area contributed by atoms with Crippen LogP contribution >= 0.6 is 0 Å². The summed E-state index contributed by atoms with van der Waals surface area (Å²) >= 11 is 0. The van der Waals surface area contributed by atoms with Crippen molar-refractivity contribution >= 4 is 22.5 Å². The minimum Gasteiger partial charge on any atom is -0.496 e. The normalized spacial score (nSPS) is 21.5. The molecular formula is C23H29FN2O4. The maximum Gasteiger partial charge on any atom is 0.255 e. The van der Waals surface area contributed by atoms with Crippen molar-refractivity contribution in [3.8, 4) is 11.6 Å². The van der Waals surface area contributed by atoms with Crippen LogP contribution in [0.4, 0.5) is 4.39 Å². The highest BCUT2D eigenvalue weighted by Crippen LogP contribution is 2.34. The summed E-state index contributed by atoms with van der Waals surface area (Å²) < 4.78 is 25.4. The lowest BCUT2D eigenvalue weighted by Crippen LogP contribution is -2.34. The maximum atomic E-state index is 14.0. The molecule has 3 rings (SSSR count). The zero-order valence-electron chi connectivity index (χ0n) is 18.1. The zero-order chi connectivity index (χ0) is 22.1. The molecule has 3 atom stereocenters. The van der Waals surface area contributed by atoms with Gasteiger partial charge in [-0.25, -0.2) is 9.37 Å². The summed E-state index contributed by atoms with van der Waals surface area (Å²) in [5.41, 5.74) is 0.380. The van der Waals surface area contributed by atoms with Crippen molar-refractivity contribution in [2.45, 2.75) is 52.8 Å². The molecule has 162 valence electrons. The third-order valence-electron chi connectivity index (χ3n) is 5.38. The van der Waals surface area contributed by atoms with Crippen molar-refractivity contribution in [3.63, 3.8) is 0 Å². The molecule has 0 spiro atoms. The van der Waals surface area contributed by atoms with Gasteiger partial charge in [-0.15, -0.1) is 0 Å². The standard InChI is InChI=1S/C23H29FN2O4/c1-6-14-17(26-21(28)20(14)24)12-30-22-15-10-19(29-5)16(9-13(15)7-8-25-22)18(27)11-23(2,3)4/h7-10,14,17,20H,6,11-12H2,1-5H3,(H,26,28)/t14-,17+,20-/m0/s1. The number of hydrogen-bond donors (Lipinski definition) is 1. The molecule has 30 heavy (non-hydrogen) atoms. The van der Waals surface area contributed by atoms with Gasteiger partial charge in [-0.05, 0) is 35.4 Å². The fourth-order valence-electron chi connectivity index (χ4n) is 3.85. The number of ether oxygens (including phenoxy) is 2. The minimum absolute atomic E-state index is 0.00831. The molecule has 0 radical (unpaired) electrons. The predicted octanol–water partition coefficient (Wildman–Crippen LogP) is 4.10. The number of Topliss-reactive ketones (excluding diaryl/α,β-unsaturated/α-hetero) is 1. The third kappa shape index (κ3) is 4.55. The topological polar surface area (TPSA) is 77.5 Å². The molecule has 1 saturated heterocycles. The van der Waals surface area contributed by atoms with E-state index < -0.39 is 24.0 Å². The number of nitrogens with one attached hydrogen (secondary N) is 1. The van der Waals surface area contributed by atoms with E-state index in [0.29, 0.717) is 35.4 Å². The van der Waals surface area contributed by atoms with Gasteiger partial charge in [-0.3, -0.25) is 9.59 Å². The number of ketones is 1. The number of carbonyl (C=O) groups is 2. The Balaban J connectivity index is 1.88. The summed E-state index contributed by atoms with van der Waals surface area (Å²) in [5.74, 6) is -0.200. The van der Waals surface area contributed by atoms with Crippen molar-refractivity contribution in [1.29, 1.82) is 0 Å². The van der Waals surface area contributed by atoms with E-state index in [1.54, 1.807) is 24.4 Å². The second-order valence-corrected chi connectivity index (χ2v) is 8.95. The molecule has 0 saturated carbocycles. The lowest BCUT2D eigenvalue weighted by atomic mass is 9.87. The number of halogens is 1. The summed E-state index contributed by atoms with van der Waals surface area (Å²) in [4.78, 5) is 28.7. The molecule has 1 aliphatic rings. The van der Waals surface area contributed by atoms with Crippen molar-refractivity contribution < 1.29 is 23.5 Å². The first kappa shape index (κ1) is 22.0. The summed E-state index contributed by atoms with van der Waals surface area (Å²) in [6.45, 7) is 8.01. The number of carbonyl (C=O) groups excluding carboxylic acids is 2. The zero-order valence-corrected chi connectivity index (χ0v) is 18.1. The Bertz CT molecular complexity index is 954. The fourth-order valence-corrected chi connectivity index (χ4v) is 3.85. The fraction of sp³-hybridized carbons (Fsp3) is 0.522. The quantitative estimate of drug-likeness (QED) is 0.688. The van der Waals surface area contributed by atoms with Gasteiger partial charge in [0.1, 0.15) is 12.4 Å². The van der Waals surface area contributed by atoms with Gasteiger partial charge in [0.05, 0.1) is 18.7 Å². The Morgan fingerprint density at radius 1 is 1.30 bits per heavy atom. The Hall–Kier alpha value is -2.70. The average Bonchev–Trinajstić information content (AvgIpc) is 2.96. The summed E-state index contributed by atoms with van der Waals surface area (Å²) in [6.07, 6.45) is 1.02. The van der Waals surface area contributed by atoms with Crippen LogP contribution in [0.2, 0.25) is 0 Å². The first-order chi connectivity index (χ1) is 14.1. The van der Waals surface area contributed by atoms with Crippen LogP contribution in [0.15, 0.2) is 24.4 Å². The van der Waals surface area contributed by atoms with Gasteiger partial charge in [0.15, 0.2) is 12.0 Å². The van der Waals surface area contributed by atoms with Crippen molar-refractivity contribution in [1.82, 2.24) is 10.3 Å². The third-order valence-corrected chi connectivity index (χ3v) is 5.38. The van der Waals surface area contributed by atoms with Crippen LogP contribution in [0.25, 0.3) is 10.8 Å². The van der Waals surface area contributed by atoms with Crippen LogP contribution in [-0.4, -0.2) is 42.6 Å².